The molecule has 1 nitrogen and oxygen atoms in total. The molecule has 0 radical (unpaired) electrons. The first-order valence-corrected chi connectivity index (χ1v) is 6.10. The van der Waals surface area contributed by atoms with Gasteiger partial charge >= 0.3 is 6.18 Å². The monoisotopic (exact) mass is 278 g/mol. The smallest absolute Gasteiger partial charge is 0.385 e. The van der Waals surface area contributed by atoms with Crippen LogP contribution in [-0.4, -0.2) is 5.11 Å². The lowest BCUT2D eigenvalue weighted by molar-refractivity contribution is -0.138. The molecule has 0 aromatic heterocycles. The van der Waals surface area contributed by atoms with Crippen LogP contribution in [0, 0.1) is 17.7 Å². The van der Waals surface area contributed by atoms with Crippen molar-refractivity contribution in [3.8, 4) is 0 Å². The number of hydrogen-bond donors (Lipinski definition) is 1. The van der Waals surface area contributed by atoms with E-state index in [1.54, 1.807) is 27.7 Å². The molecule has 0 aliphatic carbocycles. The van der Waals surface area contributed by atoms with Crippen LogP contribution < -0.4 is 0 Å². The van der Waals surface area contributed by atoms with E-state index in [0.29, 0.717) is 12.1 Å². The fourth-order valence-electron chi connectivity index (χ4n) is 2.30. The Morgan fingerprint density at radius 2 is 1.47 bits per heavy atom. The minimum Gasteiger partial charge on any atom is -0.385 e. The summed E-state index contributed by atoms with van der Waals surface area (Å²) in [5, 5.41) is 10.6. The largest absolute Gasteiger partial charge is 0.416 e. The Bertz CT molecular complexity index is 441. The van der Waals surface area contributed by atoms with Crippen molar-refractivity contribution in [3.05, 3.63) is 35.1 Å². The average molecular weight is 278 g/mol. The molecular weight excluding hydrogens is 260 g/mol. The lowest BCUT2D eigenvalue weighted by atomic mass is 9.74. The van der Waals surface area contributed by atoms with Crippen LogP contribution in [0.2, 0.25) is 0 Å². The van der Waals surface area contributed by atoms with Gasteiger partial charge in [-0.3, -0.25) is 0 Å². The van der Waals surface area contributed by atoms with Gasteiger partial charge in [0.1, 0.15) is 5.82 Å². The summed E-state index contributed by atoms with van der Waals surface area (Å²) in [6.45, 7) is 6.61. The Kier molecular flexibility index (Phi) is 4.30. The molecule has 0 saturated heterocycles. The Hall–Kier alpha value is -1.10. The second-order valence-electron chi connectivity index (χ2n) is 5.33. The van der Waals surface area contributed by atoms with E-state index in [2.05, 4.69) is 0 Å². The topological polar surface area (TPSA) is 20.2 Å². The standard InChI is InChI=1S/C14H18F4O/c1-8(2)13(19,9(3)4)11-7-10(14(16,17)18)5-6-12(11)15/h5-9,19H,1-4H3. The van der Waals surface area contributed by atoms with Crippen LogP contribution >= 0.6 is 0 Å². The average Bonchev–Trinajstić information content (AvgIpc) is 2.26. The Morgan fingerprint density at radius 3 is 1.84 bits per heavy atom. The van der Waals surface area contributed by atoms with Gasteiger partial charge in [-0.15, -0.1) is 0 Å². The quantitative estimate of drug-likeness (QED) is 0.815. The van der Waals surface area contributed by atoms with Gasteiger partial charge in [0.05, 0.1) is 11.2 Å². The molecule has 0 unspecified atom stereocenters. The molecule has 108 valence electrons. The molecule has 1 rings (SSSR count). The third kappa shape index (κ3) is 2.91. The number of aliphatic hydroxyl groups is 1. The van der Waals surface area contributed by atoms with Crippen LogP contribution in [0.5, 0.6) is 0 Å². The van der Waals surface area contributed by atoms with Crippen LogP contribution in [0.4, 0.5) is 17.6 Å². The highest BCUT2D eigenvalue weighted by atomic mass is 19.4. The maximum Gasteiger partial charge on any atom is 0.416 e. The van der Waals surface area contributed by atoms with Gasteiger partial charge < -0.3 is 5.11 Å². The molecule has 0 aliphatic rings. The number of benzene rings is 1. The predicted molar refractivity (Wildman–Crippen MR) is 65.0 cm³/mol. The Labute approximate surface area is 110 Å². The number of rotatable bonds is 3. The van der Waals surface area contributed by atoms with Crippen molar-refractivity contribution >= 4 is 0 Å². The van der Waals surface area contributed by atoms with Crippen molar-refractivity contribution in [2.75, 3.05) is 0 Å². The van der Waals surface area contributed by atoms with Crippen LogP contribution in [0.15, 0.2) is 18.2 Å². The Morgan fingerprint density at radius 1 is 1.00 bits per heavy atom. The SMILES string of the molecule is CC(C)C(O)(c1cc(C(F)(F)F)ccc1F)C(C)C. The first kappa shape index (κ1) is 16.0. The molecule has 0 heterocycles. The van der Waals surface area contributed by atoms with Gasteiger partial charge in [-0.1, -0.05) is 27.7 Å². The molecule has 0 atom stereocenters. The van der Waals surface area contributed by atoms with E-state index in [9.17, 15) is 22.7 Å². The van der Waals surface area contributed by atoms with Gasteiger partial charge in [0, 0.05) is 5.56 Å². The first-order chi connectivity index (χ1) is 8.51. The van der Waals surface area contributed by atoms with Crippen LogP contribution in [-0.2, 0) is 11.8 Å². The highest BCUT2D eigenvalue weighted by molar-refractivity contribution is 5.32. The Balaban J connectivity index is 3.48. The van der Waals surface area contributed by atoms with E-state index in [1.807, 2.05) is 0 Å². The molecule has 0 spiro atoms. The molecule has 1 aromatic rings. The number of alkyl halides is 3. The van der Waals surface area contributed by atoms with Crippen molar-refractivity contribution in [2.45, 2.75) is 39.5 Å². The van der Waals surface area contributed by atoms with E-state index in [1.165, 1.54) is 0 Å². The first-order valence-electron chi connectivity index (χ1n) is 6.10. The highest BCUT2D eigenvalue weighted by Crippen LogP contribution is 2.40. The van der Waals surface area contributed by atoms with Crippen molar-refractivity contribution in [1.82, 2.24) is 0 Å². The zero-order valence-electron chi connectivity index (χ0n) is 11.3. The van der Waals surface area contributed by atoms with E-state index >= 15 is 0 Å². The van der Waals surface area contributed by atoms with E-state index in [4.69, 9.17) is 0 Å². The molecule has 5 heteroatoms. The van der Waals surface area contributed by atoms with Crippen LogP contribution in [0.3, 0.4) is 0 Å². The maximum absolute atomic E-state index is 13.8. The van der Waals surface area contributed by atoms with E-state index < -0.39 is 35.0 Å². The zero-order valence-corrected chi connectivity index (χ0v) is 11.3. The van der Waals surface area contributed by atoms with E-state index in [0.717, 1.165) is 6.07 Å². The third-order valence-electron chi connectivity index (χ3n) is 3.49. The lowest BCUT2D eigenvalue weighted by Crippen LogP contribution is -2.38. The van der Waals surface area contributed by atoms with E-state index in [-0.39, 0.29) is 5.56 Å². The van der Waals surface area contributed by atoms with Gasteiger partial charge in [0.25, 0.3) is 0 Å². The predicted octanol–water partition coefficient (Wildman–Crippen LogP) is 4.34. The molecule has 0 bridgehead atoms. The maximum atomic E-state index is 13.8. The van der Waals surface area contributed by atoms with Crippen LogP contribution in [0.1, 0.15) is 38.8 Å². The fraction of sp³-hybridized carbons (Fsp3) is 0.571. The summed E-state index contributed by atoms with van der Waals surface area (Å²) < 4.78 is 51.9. The molecule has 0 saturated carbocycles. The summed E-state index contributed by atoms with van der Waals surface area (Å²) in [6.07, 6.45) is -4.56. The lowest BCUT2D eigenvalue weighted by Gasteiger charge is -2.37. The summed E-state index contributed by atoms with van der Waals surface area (Å²) in [5.41, 5.74) is -2.89. The highest BCUT2D eigenvalue weighted by Gasteiger charge is 2.41. The third-order valence-corrected chi connectivity index (χ3v) is 3.49. The number of halogens is 4. The fourth-order valence-corrected chi connectivity index (χ4v) is 2.30. The summed E-state index contributed by atoms with van der Waals surface area (Å²) in [4.78, 5) is 0. The van der Waals surface area contributed by atoms with Crippen molar-refractivity contribution < 1.29 is 22.7 Å². The minimum atomic E-state index is -4.56. The van der Waals surface area contributed by atoms with Gasteiger partial charge in [-0.2, -0.15) is 13.2 Å². The van der Waals surface area contributed by atoms with Gasteiger partial charge in [0.15, 0.2) is 0 Å². The zero-order chi connectivity index (χ0) is 15.0. The second-order valence-corrected chi connectivity index (χ2v) is 5.33. The molecular formula is C14H18F4O. The second kappa shape index (κ2) is 5.12. The number of hydrogen-bond acceptors (Lipinski definition) is 1. The summed E-state index contributed by atoms with van der Waals surface area (Å²) in [7, 11) is 0. The normalized spacial score (nSPS) is 13.4. The van der Waals surface area contributed by atoms with Crippen molar-refractivity contribution in [3.63, 3.8) is 0 Å². The van der Waals surface area contributed by atoms with Crippen molar-refractivity contribution in [2.24, 2.45) is 11.8 Å². The van der Waals surface area contributed by atoms with Gasteiger partial charge in [-0.25, -0.2) is 4.39 Å². The molecule has 0 amide bonds. The summed E-state index contributed by atoms with van der Waals surface area (Å²) in [6, 6.07) is 2.14. The molecule has 19 heavy (non-hydrogen) atoms. The molecule has 1 N–H and O–H groups in total. The summed E-state index contributed by atoms with van der Waals surface area (Å²) in [5.74, 6) is -1.64. The van der Waals surface area contributed by atoms with Gasteiger partial charge in [-0.05, 0) is 30.0 Å². The van der Waals surface area contributed by atoms with Gasteiger partial charge in [0.2, 0.25) is 0 Å². The van der Waals surface area contributed by atoms with Crippen molar-refractivity contribution in [1.29, 1.82) is 0 Å². The summed E-state index contributed by atoms with van der Waals surface area (Å²) >= 11 is 0. The molecule has 1 aromatic carbocycles. The minimum absolute atomic E-state index is 0.299. The molecule has 0 fully saturated rings. The molecule has 0 aliphatic heterocycles. The van der Waals surface area contributed by atoms with Crippen LogP contribution in [0.25, 0.3) is 0 Å².